The number of hydrogen-bond acceptors (Lipinski definition) is 2. The molecule has 12 heavy (non-hydrogen) atoms. The van der Waals surface area contributed by atoms with Crippen molar-refractivity contribution in [3.05, 3.63) is 30.1 Å². The number of nitrogens with zero attached hydrogens (tertiary/aromatic N) is 2. The van der Waals surface area contributed by atoms with Crippen molar-refractivity contribution in [1.82, 2.24) is 9.88 Å². The fraction of sp³-hybridized carbons (Fsp3) is 0.250. The van der Waals surface area contributed by atoms with E-state index >= 15 is 0 Å². The number of hydrogen-bond donors (Lipinski definition) is 1. The summed E-state index contributed by atoms with van der Waals surface area (Å²) in [5.41, 5.74) is 0.752. The van der Waals surface area contributed by atoms with Crippen molar-refractivity contribution >= 4 is 6.09 Å². The number of carboxylic acid groups (broad SMARTS) is 1. The fourth-order valence-electron chi connectivity index (χ4n) is 0.802. The van der Waals surface area contributed by atoms with Gasteiger partial charge in [-0.25, -0.2) is 4.79 Å². The second-order valence-electron chi connectivity index (χ2n) is 2.46. The Bertz CT molecular complexity index is 261. The van der Waals surface area contributed by atoms with Crippen molar-refractivity contribution in [2.24, 2.45) is 0 Å². The second-order valence-corrected chi connectivity index (χ2v) is 2.46. The highest BCUT2D eigenvalue weighted by atomic mass is 16.4. The van der Waals surface area contributed by atoms with Crippen LogP contribution in [0.15, 0.2) is 24.4 Å². The van der Waals surface area contributed by atoms with Crippen molar-refractivity contribution in [2.45, 2.75) is 6.54 Å². The van der Waals surface area contributed by atoms with Crippen LogP contribution in [0.1, 0.15) is 5.69 Å². The third kappa shape index (κ3) is 2.23. The largest absolute Gasteiger partial charge is 0.465 e. The maximum atomic E-state index is 10.4. The summed E-state index contributed by atoms with van der Waals surface area (Å²) in [6.07, 6.45) is 0.700. The van der Waals surface area contributed by atoms with E-state index in [-0.39, 0.29) is 0 Å². The van der Waals surface area contributed by atoms with Gasteiger partial charge >= 0.3 is 6.09 Å². The minimum Gasteiger partial charge on any atom is -0.465 e. The molecule has 1 heterocycles. The first-order chi connectivity index (χ1) is 5.70. The smallest absolute Gasteiger partial charge is 0.407 e. The van der Waals surface area contributed by atoms with Crippen molar-refractivity contribution < 1.29 is 9.90 Å². The lowest BCUT2D eigenvalue weighted by molar-refractivity contribution is 0.153. The molecule has 0 radical (unpaired) electrons. The molecule has 0 unspecified atom stereocenters. The highest BCUT2D eigenvalue weighted by molar-refractivity contribution is 5.64. The molecule has 1 rings (SSSR count). The van der Waals surface area contributed by atoms with Gasteiger partial charge in [0.25, 0.3) is 0 Å². The second kappa shape index (κ2) is 3.71. The molecular weight excluding hydrogens is 156 g/mol. The molecule has 64 valence electrons. The van der Waals surface area contributed by atoms with Gasteiger partial charge in [-0.3, -0.25) is 4.98 Å². The van der Waals surface area contributed by atoms with Gasteiger partial charge in [0, 0.05) is 13.2 Å². The van der Waals surface area contributed by atoms with Crippen molar-refractivity contribution in [1.29, 1.82) is 0 Å². The highest BCUT2D eigenvalue weighted by Crippen LogP contribution is 1.97. The summed E-state index contributed by atoms with van der Waals surface area (Å²) < 4.78 is 0. The Morgan fingerprint density at radius 2 is 2.42 bits per heavy atom. The molecule has 0 fully saturated rings. The predicted molar refractivity (Wildman–Crippen MR) is 43.7 cm³/mol. The lowest BCUT2D eigenvalue weighted by atomic mass is 10.3. The first-order valence-corrected chi connectivity index (χ1v) is 3.54. The van der Waals surface area contributed by atoms with Gasteiger partial charge in [-0.1, -0.05) is 6.07 Å². The van der Waals surface area contributed by atoms with Crippen LogP contribution in [-0.2, 0) is 6.54 Å². The SMILES string of the molecule is CN(Cc1ccccn1)C(=O)O. The summed E-state index contributed by atoms with van der Waals surface area (Å²) in [6, 6.07) is 5.42. The summed E-state index contributed by atoms with van der Waals surface area (Å²) >= 11 is 0. The predicted octanol–water partition coefficient (Wildman–Crippen LogP) is 1.19. The van der Waals surface area contributed by atoms with Crippen molar-refractivity contribution in [3.8, 4) is 0 Å². The monoisotopic (exact) mass is 166 g/mol. The minimum atomic E-state index is -0.944. The van der Waals surface area contributed by atoms with Crippen LogP contribution in [0.5, 0.6) is 0 Å². The van der Waals surface area contributed by atoms with E-state index in [0.29, 0.717) is 6.54 Å². The van der Waals surface area contributed by atoms with Gasteiger partial charge in [-0.15, -0.1) is 0 Å². The van der Waals surface area contributed by atoms with Crippen LogP contribution in [0.2, 0.25) is 0 Å². The maximum absolute atomic E-state index is 10.4. The Kier molecular flexibility index (Phi) is 2.63. The summed E-state index contributed by atoms with van der Waals surface area (Å²) in [7, 11) is 1.51. The molecular formula is C8H10N2O2. The summed E-state index contributed by atoms with van der Waals surface area (Å²) in [4.78, 5) is 15.6. The van der Waals surface area contributed by atoms with Crippen LogP contribution < -0.4 is 0 Å². The lowest BCUT2D eigenvalue weighted by Crippen LogP contribution is -2.24. The Hall–Kier alpha value is -1.58. The van der Waals surface area contributed by atoms with Crippen LogP contribution in [0.3, 0.4) is 0 Å². The van der Waals surface area contributed by atoms with Crippen LogP contribution >= 0.6 is 0 Å². The molecule has 0 atom stereocenters. The van der Waals surface area contributed by atoms with Gasteiger partial charge < -0.3 is 10.0 Å². The van der Waals surface area contributed by atoms with E-state index in [1.165, 1.54) is 11.9 Å². The standard InChI is InChI=1S/C8H10N2O2/c1-10(8(11)12)6-7-4-2-3-5-9-7/h2-5H,6H2,1H3,(H,11,12). The maximum Gasteiger partial charge on any atom is 0.407 e. The molecule has 0 saturated heterocycles. The van der Waals surface area contributed by atoms with E-state index in [2.05, 4.69) is 4.98 Å². The van der Waals surface area contributed by atoms with E-state index < -0.39 is 6.09 Å². The van der Waals surface area contributed by atoms with Gasteiger partial charge in [0.2, 0.25) is 0 Å². The Morgan fingerprint density at radius 3 is 2.92 bits per heavy atom. The van der Waals surface area contributed by atoms with E-state index in [4.69, 9.17) is 5.11 Å². The molecule has 1 N–H and O–H groups in total. The average molecular weight is 166 g/mol. The van der Waals surface area contributed by atoms with Crippen molar-refractivity contribution in [2.75, 3.05) is 7.05 Å². The number of carbonyl (C=O) groups is 1. The summed E-state index contributed by atoms with van der Waals surface area (Å²) in [6.45, 7) is 0.330. The third-order valence-corrected chi connectivity index (χ3v) is 1.45. The Labute approximate surface area is 70.5 Å². The quantitative estimate of drug-likeness (QED) is 0.718. The van der Waals surface area contributed by atoms with Gasteiger partial charge in [-0.05, 0) is 12.1 Å². The zero-order valence-corrected chi connectivity index (χ0v) is 6.77. The normalized spacial score (nSPS) is 9.42. The van der Waals surface area contributed by atoms with Gasteiger partial charge in [0.15, 0.2) is 0 Å². The number of rotatable bonds is 2. The first kappa shape index (κ1) is 8.52. The van der Waals surface area contributed by atoms with Gasteiger partial charge in [0.1, 0.15) is 0 Å². The number of pyridine rings is 1. The molecule has 0 aromatic carbocycles. The van der Waals surface area contributed by atoms with Gasteiger partial charge in [0.05, 0.1) is 12.2 Å². The molecule has 4 nitrogen and oxygen atoms in total. The molecule has 1 amide bonds. The third-order valence-electron chi connectivity index (χ3n) is 1.45. The topological polar surface area (TPSA) is 53.4 Å². The molecule has 0 bridgehead atoms. The van der Waals surface area contributed by atoms with Crippen LogP contribution in [-0.4, -0.2) is 28.1 Å². The van der Waals surface area contributed by atoms with Crippen LogP contribution in [0, 0.1) is 0 Å². The minimum absolute atomic E-state index is 0.330. The lowest BCUT2D eigenvalue weighted by Gasteiger charge is -2.11. The highest BCUT2D eigenvalue weighted by Gasteiger charge is 2.05. The first-order valence-electron chi connectivity index (χ1n) is 3.54. The van der Waals surface area contributed by atoms with Crippen molar-refractivity contribution in [3.63, 3.8) is 0 Å². The van der Waals surface area contributed by atoms with Gasteiger partial charge in [-0.2, -0.15) is 0 Å². The van der Waals surface area contributed by atoms with E-state index in [1.807, 2.05) is 6.07 Å². The number of amides is 1. The molecule has 0 spiro atoms. The van der Waals surface area contributed by atoms with E-state index in [1.54, 1.807) is 18.3 Å². The van der Waals surface area contributed by atoms with Crippen LogP contribution in [0.25, 0.3) is 0 Å². The fourth-order valence-corrected chi connectivity index (χ4v) is 0.802. The molecule has 0 aliphatic carbocycles. The molecule has 0 saturated carbocycles. The van der Waals surface area contributed by atoms with E-state index in [0.717, 1.165) is 5.69 Å². The molecule has 0 aliphatic heterocycles. The summed E-state index contributed by atoms with van der Waals surface area (Å²) in [5, 5.41) is 8.54. The molecule has 1 aromatic heterocycles. The Morgan fingerprint density at radius 1 is 1.67 bits per heavy atom. The molecule has 0 aliphatic rings. The zero-order valence-electron chi connectivity index (χ0n) is 6.77. The molecule has 4 heteroatoms. The molecule has 1 aromatic rings. The number of aromatic nitrogens is 1. The average Bonchev–Trinajstić information content (AvgIpc) is 2.06. The zero-order chi connectivity index (χ0) is 8.97. The Balaban J connectivity index is 2.58. The van der Waals surface area contributed by atoms with Crippen LogP contribution in [0.4, 0.5) is 4.79 Å². The summed E-state index contributed by atoms with van der Waals surface area (Å²) in [5.74, 6) is 0. The van der Waals surface area contributed by atoms with E-state index in [9.17, 15) is 4.79 Å².